The average molecular weight is 607 g/mol. The van der Waals surface area contributed by atoms with Crippen LogP contribution in [0.1, 0.15) is 28.5 Å². The Hall–Kier alpha value is -4.03. The normalized spacial score (nSPS) is 12.3. The summed E-state index contributed by atoms with van der Waals surface area (Å²) in [5.41, 5.74) is 4.30. The number of pyridine rings is 1. The van der Waals surface area contributed by atoms with Crippen LogP contribution in [0.5, 0.6) is 0 Å². The third-order valence-corrected chi connectivity index (χ3v) is 8.87. The van der Waals surface area contributed by atoms with E-state index in [0.29, 0.717) is 47.9 Å². The van der Waals surface area contributed by atoms with Crippen LogP contribution in [-0.4, -0.2) is 36.6 Å². The van der Waals surface area contributed by atoms with Gasteiger partial charge in [-0.2, -0.15) is 0 Å². The maximum atomic E-state index is 13.5. The molecule has 42 heavy (non-hydrogen) atoms. The van der Waals surface area contributed by atoms with Crippen LogP contribution in [0.2, 0.25) is 0 Å². The average Bonchev–Trinajstić information content (AvgIpc) is 3.47. The highest BCUT2D eigenvalue weighted by Crippen LogP contribution is 2.27. The topological polar surface area (TPSA) is 104 Å². The Bertz CT molecular complexity index is 1730. The molecule has 2 aromatic heterocycles. The molecule has 1 atom stereocenters. The fraction of sp³-hybridized carbons (Fsp3) is 0.161. The third-order valence-electron chi connectivity index (χ3n) is 6.54. The Morgan fingerprint density at radius 2 is 1.69 bits per heavy atom. The Labute approximate surface area is 247 Å². The molecule has 7 nitrogen and oxygen atoms in total. The number of thiazole rings is 1. The standard InChI is InChI=1S/C31H28F2N4O3S2/c32-28-12-5-22(17-29(28)33)16-26-20-41-31(36-26)23-6-10-27(11-7-23)42(39,40)37-25-8-3-21(4-9-25)13-15-35-19-30(38)24-2-1-14-34-18-24/h1-12,14,17-18,20,30,35,37-38H,13,15-16,19H2. The molecule has 2 heterocycles. The fourth-order valence-corrected chi connectivity index (χ4v) is 6.16. The maximum Gasteiger partial charge on any atom is 0.261 e. The van der Waals surface area contributed by atoms with Crippen LogP contribution in [0.25, 0.3) is 10.6 Å². The predicted molar refractivity (Wildman–Crippen MR) is 160 cm³/mol. The van der Waals surface area contributed by atoms with Crippen molar-refractivity contribution in [2.75, 3.05) is 17.8 Å². The first-order valence-corrected chi connectivity index (χ1v) is 15.5. The smallest absolute Gasteiger partial charge is 0.261 e. The van der Waals surface area contributed by atoms with Crippen molar-refractivity contribution in [2.45, 2.75) is 23.8 Å². The van der Waals surface area contributed by atoms with E-state index in [2.05, 4.69) is 20.0 Å². The van der Waals surface area contributed by atoms with Crippen molar-refractivity contribution in [1.82, 2.24) is 15.3 Å². The molecule has 0 aliphatic carbocycles. The largest absolute Gasteiger partial charge is 0.387 e. The Morgan fingerprint density at radius 3 is 2.40 bits per heavy atom. The van der Waals surface area contributed by atoms with E-state index >= 15 is 0 Å². The van der Waals surface area contributed by atoms with E-state index in [-0.39, 0.29) is 4.90 Å². The molecule has 0 amide bonds. The van der Waals surface area contributed by atoms with Crippen molar-refractivity contribution in [3.63, 3.8) is 0 Å². The lowest BCUT2D eigenvalue weighted by atomic mass is 10.1. The molecule has 5 rings (SSSR count). The van der Waals surface area contributed by atoms with E-state index in [4.69, 9.17) is 0 Å². The Kier molecular flexibility index (Phi) is 9.33. The van der Waals surface area contributed by atoms with E-state index in [1.54, 1.807) is 42.7 Å². The SMILES string of the molecule is O=S(=O)(Nc1ccc(CCNCC(O)c2cccnc2)cc1)c1ccc(-c2nc(Cc3ccc(F)c(F)c3)cs2)cc1. The first-order valence-electron chi connectivity index (χ1n) is 13.2. The molecule has 5 aromatic rings. The summed E-state index contributed by atoms with van der Waals surface area (Å²) in [4.78, 5) is 8.69. The number of anilines is 1. The van der Waals surface area contributed by atoms with Crippen LogP contribution in [0.15, 0.2) is 102 Å². The third kappa shape index (κ3) is 7.62. The number of halogens is 2. The molecule has 0 bridgehead atoms. The molecule has 216 valence electrons. The number of rotatable bonds is 12. The number of aliphatic hydroxyl groups excluding tert-OH is 1. The molecule has 0 radical (unpaired) electrons. The zero-order valence-electron chi connectivity index (χ0n) is 22.4. The molecule has 0 saturated heterocycles. The molecule has 1 unspecified atom stereocenters. The van der Waals surface area contributed by atoms with Crippen LogP contribution < -0.4 is 10.0 Å². The van der Waals surface area contributed by atoms with Crippen LogP contribution in [-0.2, 0) is 22.9 Å². The van der Waals surface area contributed by atoms with Crippen molar-refractivity contribution >= 4 is 27.0 Å². The second kappa shape index (κ2) is 13.3. The number of hydrogen-bond acceptors (Lipinski definition) is 7. The van der Waals surface area contributed by atoms with Gasteiger partial charge in [0.15, 0.2) is 11.6 Å². The van der Waals surface area contributed by atoms with E-state index in [1.165, 1.54) is 29.5 Å². The lowest BCUT2D eigenvalue weighted by molar-refractivity contribution is 0.174. The highest BCUT2D eigenvalue weighted by molar-refractivity contribution is 7.92. The summed E-state index contributed by atoms with van der Waals surface area (Å²) in [7, 11) is -3.80. The van der Waals surface area contributed by atoms with Crippen molar-refractivity contribution in [3.8, 4) is 10.6 Å². The zero-order valence-corrected chi connectivity index (χ0v) is 24.0. The second-order valence-corrected chi connectivity index (χ2v) is 12.2. The van der Waals surface area contributed by atoms with Crippen molar-refractivity contribution in [1.29, 1.82) is 0 Å². The lowest BCUT2D eigenvalue weighted by Crippen LogP contribution is -2.23. The molecular formula is C31H28F2N4O3S2. The van der Waals surface area contributed by atoms with Crippen LogP contribution in [0.3, 0.4) is 0 Å². The number of benzene rings is 3. The van der Waals surface area contributed by atoms with Crippen molar-refractivity contribution in [2.24, 2.45) is 0 Å². The first kappa shape index (κ1) is 29.5. The minimum atomic E-state index is -3.80. The number of nitrogens with zero attached hydrogens (tertiary/aromatic N) is 2. The number of sulfonamides is 1. The summed E-state index contributed by atoms with van der Waals surface area (Å²) in [6.07, 6.45) is 3.74. The van der Waals surface area contributed by atoms with Gasteiger partial charge in [0.2, 0.25) is 0 Å². The molecule has 0 spiro atoms. The van der Waals surface area contributed by atoms with E-state index in [1.807, 2.05) is 23.6 Å². The van der Waals surface area contributed by atoms with Crippen LogP contribution >= 0.6 is 11.3 Å². The van der Waals surface area contributed by atoms with Gasteiger partial charge in [0.25, 0.3) is 10.0 Å². The highest BCUT2D eigenvalue weighted by atomic mass is 32.2. The summed E-state index contributed by atoms with van der Waals surface area (Å²) in [6.45, 7) is 1.06. The van der Waals surface area contributed by atoms with Gasteiger partial charge in [-0.1, -0.05) is 36.4 Å². The van der Waals surface area contributed by atoms with Crippen molar-refractivity contribution in [3.05, 3.63) is 131 Å². The molecule has 0 saturated carbocycles. The molecule has 3 aromatic carbocycles. The maximum absolute atomic E-state index is 13.5. The van der Waals surface area contributed by atoms with Crippen LogP contribution in [0.4, 0.5) is 14.5 Å². The van der Waals surface area contributed by atoms with Gasteiger partial charge >= 0.3 is 0 Å². The molecule has 0 aliphatic heterocycles. The van der Waals surface area contributed by atoms with Crippen LogP contribution in [0, 0.1) is 11.6 Å². The van der Waals surface area contributed by atoms with Gasteiger partial charge in [-0.25, -0.2) is 22.2 Å². The van der Waals surface area contributed by atoms with Gasteiger partial charge in [0.05, 0.1) is 16.7 Å². The van der Waals surface area contributed by atoms with Gasteiger partial charge in [0.1, 0.15) is 5.01 Å². The van der Waals surface area contributed by atoms with E-state index in [0.717, 1.165) is 28.8 Å². The summed E-state index contributed by atoms with van der Waals surface area (Å²) in [5.74, 6) is -1.79. The quantitative estimate of drug-likeness (QED) is 0.157. The molecule has 0 aliphatic rings. The molecule has 11 heteroatoms. The fourth-order valence-electron chi connectivity index (χ4n) is 4.27. The summed E-state index contributed by atoms with van der Waals surface area (Å²) in [5, 5.41) is 16.0. The number of nitrogens with one attached hydrogen (secondary N) is 2. The lowest BCUT2D eigenvalue weighted by Gasteiger charge is -2.12. The van der Waals surface area contributed by atoms with Gasteiger partial charge in [-0.3, -0.25) is 9.71 Å². The van der Waals surface area contributed by atoms with Gasteiger partial charge in [-0.15, -0.1) is 11.3 Å². The minimum Gasteiger partial charge on any atom is -0.387 e. The zero-order chi connectivity index (χ0) is 29.5. The summed E-state index contributed by atoms with van der Waals surface area (Å²) >= 11 is 1.39. The van der Waals surface area contributed by atoms with Gasteiger partial charge in [-0.05, 0) is 66.6 Å². The molecular weight excluding hydrogens is 578 g/mol. The summed E-state index contributed by atoms with van der Waals surface area (Å²) in [6, 6.07) is 21.0. The monoisotopic (exact) mass is 606 g/mol. The Morgan fingerprint density at radius 1 is 0.929 bits per heavy atom. The van der Waals surface area contributed by atoms with E-state index < -0.39 is 27.8 Å². The minimum absolute atomic E-state index is 0.116. The number of aromatic nitrogens is 2. The first-order chi connectivity index (χ1) is 20.3. The van der Waals surface area contributed by atoms with Gasteiger partial charge in [0, 0.05) is 47.6 Å². The van der Waals surface area contributed by atoms with E-state index in [9.17, 15) is 22.3 Å². The second-order valence-electron chi connectivity index (χ2n) is 9.65. The van der Waals surface area contributed by atoms with Crippen molar-refractivity contribution < 1.29 is 22.3 Å². The molecule has 3 N–H and O–H groups in total. The van der Waals surface area contributed by atoms with Gasteiger partial charge < -0.3 is 10.4 Å². The highest BCUT2D eigenvalue weighted by Gasteiger charge is 2.15. The Balaban J connectivity index is 1.13. The summed E-state index contributed by atoms with van der Waals surface area (Å²) < 4.78 is 55.2. The molecule has 0 fully saturated rings. The number of aliphatic hydroxyl groups is 1. The predicted octanol–water partition coefficient (Wildman–Crippen LogP) is 5.74. The number of hydrogen-bond donors (Lipinski definition) is 3.